The van der Waals surface area contributed by atoms with Crippen molar-refractivity contribution in [2.75, 3.05) is 18.9 Å². The number of ketones is 1. The summed E-state index contributed by atoms with van der Waals surface area (Å²) in [6, 6.07) is 14.4. The monoisotopic (exact) mass is 863 g/mol. The van der Waals surface area contributed by atoms with Gasteiger partial charge < -0.3 is 20.1 Å². The van der Waals surface area contributed by atoms with Gasteiger partial charge in [-0.15, -0.1) is 0 Å². The van der Waals surface area contributed by atoms with Crippen LogP contribution in [0.15, 0.2) is 83.0 Å². The molecule has 3 fully saturated rings. The lowest BCUT2D eigenvalue weighted by atomic mass is 10.0. The number of halogens is 2. The van der Waals surface area contributed by atoms with E-state index >= 15 is 8.78 Å². The van der Waals surface area contributed by atoms with Gasteiger partial charge in [-0.05, 0) is 23.9 Å². The van der Waals surface area contributed by atoms with Crippen LogP contribution < -0.4 is 17.0 Å². The predicted octanol–water partition coefficient (Wildman–Crippen LogP) is 3.93. The number of imidazole rings is 1. The lowest BCUT2D eigenvalue weighted by molar-refractivity contribution is -0.0650. The second kappa shape index (κ2) is 15.9. The van der Waals surface area contributed by atoms with E-state index in [1.54, 1.807) is 36.4 Å². The van der Waals surface area contributed by atoms with Crippen molar-refractivity contribution in [1.29, 1.82) is 0 Å². The zero-order valence-electron chi connectivity index (χ0n) is 30.0. The van der Waals surface area contributed by atoms with Crippen LogP contribution in [0, 0.1) is 6.92 Å². The first-order valence-electron chi connectivity index (χ1n) is 17.5. The Morgan fingerprint density at radius 2 is 1.52 bits per heavy atom. The quantitative estimate of drug-likeness (QED) is 0.155. The van der Waals surface area contributed by atoms with Crippen molar-refractivity contribution >= 4 is 48.8 Å². The Bertz CT molecular complexity index is 2560. The van der Waals surface area contributed by atoms with E-state index in [0.717, 1.165) is 24.2 Å². The topological polar surface area (TPSA) is 251 Å². The second-order valence-electron chi connectivity index (χ2n) is 13.4. The summed E-state index contributed by atoms with van der Waals surface area (Å²) in [6.07, 6.45) is -11.8. The highest BCUT2D eigenvalue weighted by Crippen LogP contribution is 2.65. The fraction of sp³-hybridized carbons (Fsp3) is 0.353. The molecule has 0 spiro atoms. The SMILES string of the molecule is Cc1ccc(C(=O)c2ccc(CS[P@@]3(=O)OC[C@H]4O[C@@H](n5ccc(=O)[nH]c5=O)[C@H](OP(=O)(O)OC[C@H]5O[C@@H](n6cnc7c(N)ncnc76)[C@H](O3)[C@@H]5F)[C@@H]4F)cc2)cc1. The number of nitrogens with two attached hydrogens (primary N) is 1. The Hall–Kier alpha value is -4.47. The summed E-state index contributed by atoms with van der Waals surface area (Å²) in [6.45, 7) is -4.58. The average molecular weight is 864 g/mol. The molecule has 58 heavy (non-hydrogen) atoms. The van der Waals surface area contributed by atoms with Crippen molar-refractivity contribution in [3.63, 3.8) is 0 Å². The first-order valence-corrected chi connectivity index (χ1v) is 22.1. The number of carbonyl (C=O) groups is 1. The van der Waals surface area contributed by atoms with Gasteiger partial charge in [0, 0.05) is 29.1 Å². The van der Waals surface area contributed by atoms with Crippen LogP contribution >= 0.6 is 26.0 Å². The second-order valence-corrected chi connectivity index (χ2v) is 18.9. The molecule has 6 heterocycles. The number of phosphoric ester groups is 1. The maximum Gasteiger partial charge on any atom is 0.472 e. The molecular formula is C34H33F2N7O12P2S. The number of aromatic amines is 1. The van der Waals surface area contributed by atoms with E-state index in [9.17, 15) is 28.4 Å². The molecule has 0 amide bonds. The molecule has 4 bridgehead atoms. The third-order valence-electron chi connectivity index (χ3n) is 9.54. The fourth-order valence-electron chi connectivity index (χ4n) is 6.56. The standard InChI is InChI=1S/C34H33F2N7O12P2S/c1-17-2-6-19(7-3-17)27(45)20-8-4-18(5-9-20)14-58-57(49)51-13-22-24(35)28(32(52-22)42-11-10-23(44)41-34(42)46)54-56(47,48)50-12-21-25(36)29(55-57)33(53-21)43-16-40-26-30(37)38-15-39-31(26)43/h2-11,15-16,21-22,24-25,28-29,32-33H,12-14H2,1H3,(H,47,48)(H2,37,38,39)(H,41,44,46)/t21-,22-,24-,25-,28-,29-,32-,33-,57+/m1/s1. The van der Waals surface area contributed by atoms with Crippen LogP contribution in [0.3, 0.4) is 0 Å². The van der Waals surface area contributed by atoms with Crippen molar-refractivity contribution in [3.8, 4) is 0 Å². The summed E-state index contributed by atoms with van der Waals surface area (Å²) in [4.78, 5) is 62.4. The average Bonchev–Trinajstić information content (AvgIpc) is 3.85. The Morgan fingerprint density at radius 3 is 2.19 bits per heavy atom. The van der Waals surface area contributed by atoms with Crippen molar-refractivity contribution in [2.24, 2.45) is 0 Å². The summed E-state index contributed by atoms with van der Waals surface area (Å²) in [5.41, 5.74) is 6.71. The zero-order chi connectivity index (χ0) is 40.9. The first-order chi connectivity index (χ1) is 27.7. The molecule has 24 heteroatoms. The van der Waals surface area contributed by atoms with E-state index in [1.165, 1.54) is 10.9 Å². The molecule has 3 aliphatic heterocycles. The number of H-pyrrole nitrogens is 1. The first kappa shape index (κ1) is 40.3. The highest BCUT2D eigenvalue weighted by molar-refractivity contribution is 8.54. The molecule has 0 aliphatic carbocycles. The molecule has 19 nitrogen and oxygen atoms in total. The molecule has 306 valence electrons. The number of hydrogen-bond acceptors (Lipinski definition) is 16. The Balaban J connectivity index is 1.12. The zero-order valence-corrected chi connectivity index (χ0v) is 32.6. The highest BCUT2D eigenvalue weighted by Gasteiger charge is 2.55. The number of anilines is 1. The molecular weight excluding hydrogens is 830 g/mol. The minimum atomic E-state index is -5.28. The van der Waals surface area contributed by atoms with E-state index in [1.807, 2.05) is 24.0 Å². The molecule has 0 saturated carbocycles. The van der Waals surface area contributed by atoms with Crippen LogP contribution in [0.4, 0.5) is 14.6 Å². The number of benzene rings is 2. The number of alkyl halides is 2. The number of phosphoric acid groups is 1. The van der Waals surface area contributed by atoms with Gasteiger partial charge in [0.25, 0.3) is 5.56 Å². The maximum atomic E-state index is 16.6. The number of nitrogen functional groups attached to an aromatic ring is 1. The van der Waals surface area contributed by atoms with Crippen LogP contribution in [0.5, 0.6) is 0 Å². The molecule has 3 aliphatic rings. The fourth-order valence-corrected chi connectivity index (χ4v) is 10.8. The number of carbonyl (C=O) groups excluding carboxylic acids is 1. The Kier molecular flexibility index (Phi) is 11.1. The van der Waals surface area contributed by atoms with Crippen LogP contribution in [0.25, 0.3) is 11.2 Å². The lowest BCUT2D eigenvalue weighted by Gasteiger charge is -2.27. The van der Waals surface area contributed by atoms with Gasteiger partial charge in [-0.25, -0.2) is 37.7 Å². The molecule has 8 rings (SSSR count). The number of fused-ring (bicyclic) bond motifs is 5. The molecule has 4 N–H and O–H groups in total. The molecule has 3 aromatic heterocycles. The summed E-state index contributed by atoms with van der Waals surface area (Å²) in [5, 5.41) is 0. The van der Waals surface area contributed by atoms with Gasteiger partial charge in [-0.2, -0.15) is 0 Å². The molecule has 10 atom stereocenters. The highest BCUT2D eigenvalue weighted by atomic mass is 32.7. The van der Waals surface area contributed by atoms with E-state index < -0.39 is 88.3 Å². The van der Waals surface area contributed by atoms with Gasteiger partial charge in [0.05, 0.1) is 19.5 Å². The molecule has 5 aromatic rings. The molecule has 3 saturated heterocycles. The number of hydrogen-bond donors (Lipinski definition) is 3. The summed E-state index contributed by atoms with van der Waals surface area (Å²) >= 11 is 0.612. The summed E-state index contributed by atoms with van der Waals surface area (Å²) < 4.78 is 96.6. The Morgan fingerprint density at radius 1 is 0.897 bits per heavy atom. The van der Waals surface area contributed by atoms with Gasteiger partial charge in [-0.3, -0.25) is 41.8 Å². The maximum absolute atomic E-state index is 16.6. The van der Waals surface area contributed by atoms with E-state index in [0.29, 0.717) is 32.6 Å². The van der Waals surface area contributed by atoms with Crippen molar-refractivity contribution in [3.05, 3.63) is 117 Å². The third kappa shape index (κ3) is 8.09. The van der Waals surface area contributed by atoms with Crippen LogP contribution in [0.2, 0.25) is 0 Å². The van der Waals surface area contributed by atoms with Crippen LogP contribution in [0.1, 0.15) is 39.5 Å². The van der Waals surface area contributed by atoms with Gasteiger partial charge in [-0.1, -0.05) is 54.1 Å². The van der Waals surface area contributed by atoms with Crippen LogP contribution in [-0.4, -0.2) is 89.7 Å². The number of aromatic nitrogens is 6. The summed E-state index contributed by atoms with van der Waals surface area (Å²) in [7, 11) is -5.28. The minimum absolute atomic E-state index is 0.0120. The predicted molar refractivity (Wildman–Crippen MR) is 200 cm³/mol. The lowest BCUT2D eigenvalue weighted by Crippen LogP contribution is -2.38. The summed E-state index contributed by atoms with van der Waals surface area (Å²) in [5.74, 6) is -0.319. The van der Waals surface area contributed by atoms with Crippen molar-refractivity contribution in [2.45, 2.75) is 61.9 Å². The van der Waals surface area contributed by atoms with Gasteiger partial charge in [0.1, 0.15) is 36.3 Å². The minimum Gasteiger partial charge on any atom is -0.382 e. The van der Waals surface area contributed by atoms with Gasteiger partial charge in [0.15, 0.2) is 42.0 Å². The largest absolute Gasteiger partial charge is 0.472 e. The molecule has 1 unspecified atom stereocenters. The number of nitrogens with zero attached hydrogens (tertiary/aromatic N) is 5. The molecule has 2 aromatic carbocycles. The smallest absolute Gasteiger partial charge is 0.382 e. The van der Waals surface area contributed by atoms with Gasteiger partial charge in [0.2, 0.25) is 0 Å². The number of aryl methyl sites for hydroxylation is 1. The number of nitrogens with one attached hydrogen (secondary N) is 1. The van der Waals surface area contributed by atoms with E-state index in [4.69, 9.17) is 33.3 Å². The van der Waals surface area contributed by atoms with Crippen molar-refractivity contribution < 1.29 is 55.2 Å². The normalized spacial score (nSPS) is 31.6. The number of rotatable bonds is 7. The number of ether oxygens (including phenoxy) is 2. The Labute approximate surface area is 329 Å². The van der Waals surface area contributed by atoms with Crippen molar-refractivity contribution in [1.82, 2.24) is 29.1 Å². The molecule has 0 radical (unpaired) electrons. The van der Waals surface area contributed by atoms with E-state index in [-0.39, 0.29) is 28.5 Å². The van der Waals surface area contributed by atoms with Gasteiger partial charge >= 0.3 is 20.3 Å². The van der Waals surface area contributed by atoms with Crippen LogP contribution in [-0.2, 0) is 42.5 Å². The third-order valence-corrected chi connectivity index (χ3v) is 14.2. The van der Waals surface area contributed by atoms with E-state index in [2.05, 4.69) is 15.0 Å².